The first-order valence-electron chi connectivity index (χ1n) is 8.61. The van der Waals surface area contributed by atoms with Crippen molar-refractivity contribution in [3.8, 4) is 0 Å². The second-order valence-corrected chi connectivity index (χ2v) is 8.51. The average Bonchev–Trinajstić information content (AvgIpc) is 3.38. The Kier molecular flexibility index (Phi) is 7.00. The molecular formula is C19H17BrCl2N4O2S. The molecule has 3 aromatic heterocycles. The van der Waals surface area contributed by atoms with E-state index in [1.165, 1.54) is 11.3 Å². The fourth-order valence-corrected chi connectivity index (χ4v) is 4.69. The van der Waals surface area contributed by atoms with Crippen LogP contribution in [0.2, 0.25) is 5.02 Å². The highest BCUT2D eigenvalue weighted by atomic mass is 79.9. The molecule has 0 aliphatic carbocycles. The first kappa shape index (κ1) is 21.8. The van der Waals surface area contributed by atoms with Crippen molar-refractivity contribution in [2.24, 2.45) is 0 Å². The Morgan fingerprint density at radius 3 is 2.90 bits per heavy atom. The third-order valence-electron chi connectivity index (χ3n) is 4.26. The topological polar surface area (TPSA) is 64.2 Å². The molecule has 0 N–H and O–H groups in total. The first-order chi connectivity index (χ1) is 13.5. The molecular weight excluding hydrogens is 499 g/mol. The predicted molar refractivity (Wildman–Crippen MR) is 122 cm³/mol. The summed E-state index contributed by atoms with van der Waals surface area (Å²) in [6.45, 7) is 3.22. The molecule has 10 heteroatoms. The van der Waals surface area contributed by atoms with E-state index in [1.54, 1.807) is 29.6 Å². The average molecular weight is 516 g/mol. The molecule has 29 heavy (non-hydrogen) atoms. The van der Waals surface area contributed by atoms with E-state index in [4.69, 9.17) is 21.0 Å². The Labute approximate surface area is 191 Å². The summed E-state index contributed by atoms with van der Waals surface area (Å²) >= 11 is 10.9. The molecule has 4 aromatic rings. The van der Waals surface area contributed by atoms with E-state index in [-0.39, 0.29) is 24.1 Å². The van der Waals surface area contributed by atoms with Crippen LogP contribution >= 0.6 is 51.3 Å². The monoisotopic (exact) mass is 514 g/mol. The minimum absolute atomic E-state index is 0. The van der Waals surface area contributed by atoms with Gasteiger partial charge in [-0.15, -0.1) is 12.4 Å². The van der Waals surface area contributed by atoms with Crippen LogP contribution in [0.5, 0.6) is 0 Å². The number of imidazole rings is 1. The number of carbonyl (C=O) groups is 1. The number of carbonyl (C=O) groups excluding carboxylic acids is 1. The Morgan fingerprint density at radius 2 is 2.21 bits per heavy atom. The lowest BCUT2D eigenvalue weighted by Crippen LogP contribution is -2.32. The van der Waals surface area contributed by atoms with Crippen molar-refractivity contribution in [3.63, 3.8) is 0 Å². The summed E-state index contributed by atoms with van der Waals surface area (Å²) in [5, 5.41) is 1.29. The smallest absolute Gasteiger partial charge is 0.295 e. The van der Waals surface area contributed by atoms with Crippen molar-refractivity contribution in [1.82, 2.24) is 14.5 Å². The van der Waals surface area contributed by atoms with Crippen LogP contribution in [0.25, 0.3) is 10.2 Å². The van der Waals surface area contributed by atoms with Crippen molar-refractivity contribution in [2.75, 3.05) is 11.4 Å². The standard InChI is InChI=1S/C19H16BrClN4O2S.ClH/c1-12-9-13(21)10-15-17(12)23-19(28-15)25(7-2-6-24-8-5-22-11-24)18(26)14-3-4-16(20)27-14;/h3-5,8-11H,2,6-7H2,1H3;1H. The normalized spacial score (nSPS) is 10.9. The second kappa shape index (κ2) is 9.30. The number of fused-ring (bicyclic) bond motifs is 1. The number of halogens is 3. The van der Waals surface area contributed by atoms with Crippen molar-refractivity contribution < 1.29 is 9.21 Å². The molecule has 0 aliphatic heterocycles. The lowest BCUT2D eigenvalue weighted by atomic mass is 10.2. The second-order valence-electron chi connectivity index (χ2n) is 6.28. The lowest BCUT2D eigenvalue weighted by Gasteiger charge is -2.18. The largest absolute Gasteiger partial charge is 0.444 e. The highest BCUT2D eigenvalue weighted by molar-refractivity contribution is 9.10. The molecule has 1 aromatic carbocycles. The molecule has 4 rings (SSSR count). The Morgan fingerprint density at radius 1 is 1.38 bits per heavy atom. The Hall–Kier alpha value is -1.87. The van der Waals surface area contributed by atoms with E-state index in [2.05, 4.69) is 20.9 Å². The molecule has 0 fully saturated rings. The summed E-state index contributed by atoms with van der Waals surface area (Å²) in [6, 6.07) is 7.12. The highest BCUT2D eigenvalue weighted by Crippen LogP contribution is 2.34. The Bertz CT molecular complexity index is 1130. The van der Waals surface area contributed by atoms with Crippen LogP contribution in [0.4, 0.5) is 5.13 Å². The van der Waals surface area contributed by atoms with Crippen molar-refractivity contribution >= 4 is 72.5 Å². The van der Waals surface area contributed by atoms with Crippen LogP contribution in [0.15, 0.2) is 52.1 Å². The van der Waals surface area contributed by atoms with Crippen molar-refractivity contribution in [2.45, 2.75) is 19.9 Å². The summed E-state index contributed by atoms with van der Waals surface area (Å²) in [5.74, 6) is 0.0441. The number of benzene rings is 1. The maximum Gasteiger partial charge on any atom is 0.295 e. The fourth-order valence-electron chi connectivity index (χ4n) is 2.93. The van der Waals surface area contributed by atoms with Gasteiger partial charge in [-0.05, 0) is 59.1 Å². The maximum absolute atomic E-state index is 13.1. The number of hydrogen-bond acceptors (Lipinski definition) is 5. The van der Waals surface area contributed by atoms with E-state index in [0.29, 0.717) is 21.4 Å². The van der Waals surface area contributed by atoms with Crippen LogP contribution in [-0.4, -0.2) is 27.0 Å². The van der Waals surface area contributed by atoms with Gasteiger partial charge in [0.1, 0.15) is 0 Å². The molecule has 0 radical (unpaired) electrons. The van der Waals surface area contributed by atoms with Crippen LogP contribution in [0.3, 0.4) is 0 Å². The third kappa shape index (κ3) is 4.83. The maximum atomic E-state index is 13.1. The molecule has 0 aliphatic rings. The summed E-state index contributed by atoms with van der Waals surface area (Å²) < 4.78 is 8.93. The van der Waals surface area contributed by atoms with Gasteiger partial charge in [-0.2, -0.15) is 0 Å². The molecule has 152 valence electrons. The van der Waals surface area contributed by atoms with Crippen molar-refractivity contribution in [1.29, 1.82) is 0 Å². The highest BCUT2D eigenvalue weighted by Gasteiger charge is 2.24. The van der Waals surface area contributed by atoms with Gasteiger partial charge in [-0.25, -0.2) is 9.97 Å². The van der Waals surface area contributed by atoms with Gasteiger partial charge in [0.2, 0.25) is 0 Å². The molecule has 0 unspecified atom stereocenters. The number of thiazole rings is 1. The summed E-state index contributed by atoms with van der Waals surface area (Å²) in [5.41, 5.74) is 1.84. The molecule has 6 nitrogen and oxygen atoms in total. The quantitative estimate of drug-likeness (QED) is 0.317. The van der Waals surface area contributed by atoms with Crippen LogP contribution < -0.4 is 4.90 Å². The summed E-state index contributed by atoms with van der Waals surface area (Å²) in [4.78, 5) is 23.5. The number of anilines is 1. The number of aryl methyl sites for hydroxylation is 2. The number of aromatic nitrogens is 3. The Balaban J connectivity index is 0.00000240. The van der Waals surface area contributed by atoms with Gasteiger partial charge in [0.15, 0.2) is 15.6 Å². The molecule has 0 saturated carbocycles. The van der Waals surface area contributed by atoms with E-state index in [0.717, 1.165) is 28.7 Å². The van der Waals surface area contributed by atoms with Crippen LogP contribution in [-0.2, 0) is 6.54 Å². The molecule has 3 heterocycles. The molecule has 0 spiro atoms. The minimum atomic E-state index is -0.223. The predicted octanol–water partition coefficient (Wildman–Crippen LogP) is 5.97. The zero-order chi connectivity index (χ0) is 19.7. The molecule has 1 amide bonds. The fraction of sp³-hybridized carbons (Fsp3) is 0.211. The number of hydrogen-bond donors (Lipinski definition) is 0. The summed E-state index contributed by atoms with van der Waals surface area (Å²) in [7, 11) is 0. The van der Waals surface area contributed by atoms with Crippen LogP contribution in [0.1, 0.15) is 22.5 Å². The van der Waals surface area contributed by atoms with Gasteiger partial charge in [-0.1, -0.05) is 22.9 Å². The van der Waals surface area contributed by atoms with E-state index < -0.39 is 0 Å². The zero-order valence-corrected chi connectivity index (χ0v) is 19.3. The molecule has 0 saturated heterocycles. The van der Waals surface area contributed by atoms with Gasteiger partial charge in [-0.3, -0.25) is 9.69 Å². The number of rotatable bonds is 6. The van der Waals surface area contributed by atoms with Gasteiger partial charge in [0.05, 0.1) is 16.5 Å². The van der Waals surface area contributed by atoms with Gasteiger partial charge in [0.25, 0.3) is 5.91 Å². The van der Waals surface area contributed by atoms with E-state index >= 15 is 0 Å². The van der Waals surface area contributed by atoms with Crippen LogP contribution in [0, 0.1) is 6.92 Å². The van der Waals surface area contributed by atoms with Gasteiger partial charge < -0.3 is 8.98 Å². The van der Waals surface area contributed by atoms with Gasteiger partial charge in [0, 0.05) is 30.5 Å². The molecule has 0 atom stereocenters. The first-order valence-corrected chi connectivity index (χ1v) is 10.6. The summed E-state index contributed by atoms with van der Waals surface area (Å²) in [6.07, 6.45) is 6.15. The molecule has 0 bridgehead atoms. The van der Waals surface area contributed by atoms with Crippen molar-refractivity contribution in [3.05, 3.63) is 64.0 Å². The number of amides is 1. The third-order valence-corrected chi connectivity index (χ3v) is 5.93. The van der Waals surface area contributed by atoms with E-state index in [9.17, 15) is 4.79 Å². The SMILES string of the molecule is Cc1cc(Cl)cc2sc(N(CCCn3ccnc3)C(=O)c3ccc(Br)o3)nc12.Cl. The number of furan rings is 1. The lowest BCUT2D eigenvalue weighted by molar-refractivity contribution is 0.0958. The number of nitrogens with zero attached hydrogens (tertiary/aromatic N) is 4. The van der Waals surface area contributed by atoms with E-state index in [1.807, 2.05) is 29.8 Å². The van der Waals surface area contributed by atoms with Gasteiger partial charge >= 0.3 is 0 Å². The minimum Gasteiger partial charge on any atom is -0.444 e. The zero-order valence-electron chi connectivity index (χ0n) is 15.3.